The van der Waals surface area contributed by atoms with Gasteiger partial charge in [-0.05, 0) is 36.3 Å². The van der Waals surface area contributed by atoms with Crippen LogP contribution in [0.1, 0.15) is 30.6 Å². The average molecular weight is 303 g/mol. The smallest absolute Gasteiger partial charge is 0.255 e. The van der Waals surface area contributed by atoms with Crippen LogP contribution in [-0.4, -0.2) is 28.6 Å². The Balaban J connectivity index is 2.10. The summed E-state index contributed by atoms with van der Waals surface area (Å²) in [6.45, 7) is 4.12. The van der Waals surface area contributed by atoms with Gasteiger partial charge in [0, 0.05) is 11.4 Å². The minimum absolute atomic E-state index is 0.0562. The number of phenolic OH excluding ortho intramolecular Hbond substituents is 1. The molecule has 0 aliphatic rings. The molecule has 1 unspecified atom stereocenters. The van der Waals surface area contributed by atoms with E-state index < -0.39 is 0 Å². The third-order valence-electron chi connectivity index (χ3n) is 3.42. The van der Waals surface area contributed by atoms with Gasteiger partial charge in [0.15, 0.2) is 0 Å². The number of phenols is 1. The lowest BCUT2D eigenvalue weighted by molar-refractivity contribution is 0.0937. The average Bonchev–Trinajstić information content (AvgIpc) is 2.48. The van der Waals surface area contributed by atoms with Gasteiger partial charge in [-0.1, -0.05) is 37.3 Å². The van der Waals surface area contributed by atoms with Crippen molar-refractivity contribution < 1.29 is 9.90 Å². The van der Waals surface area contributed by atoms with E-state index in [0.717, 1.165) is 23.3 Å². The number of amides is 1. The quantitative estimate of drug-likeness (QED) is 0.798. The molecule has 0 heterocycles. The summed E-state index contributed by atoms with van der Waals surface area (Å²) in [4.78, 5) is 12.3. The van der Waals surface area contributed by atoms with E-state index in [2.05, 4.69) is 12.2 Å². The molecule has 0 aromatic heterocycles. The lowest BCUT2D eigenvalue weighted by Gasteiger charge is -2.14. The highest BCUT2D eigenvalue weighted by atomic mass is 32.2. The second-order valence-corrected chi connectivity index (χ2v) is 6.44. The molecular formula is C17H21NO2S. The maximum atomic E-state index is 12.3. The van der Waals surface area contributed by atoms with Crippen molar-refractivity contribution in [2.75, 3.05) is 11.5 Å². The molecule has 0 spiro atoms. The number of carbonyl (C=O) groups excluding carboxylic acids is 1. The van der Waals surface area contributed by atoms with Gasteiger partial charge in [0.05, 0.1) is 5.56 Å². The summed E-state index contributed by atoms with van der Waals surface area (Å²) in [7, 11) is 0. The first-order chi connectivity index (χ1) is 10.1. The molecule has 1 atom stereocenters. The number of hydrogen-bond donors (Lipinski definition) is 2. The Morgan fingerprint density at radius 1 is 1.29 bits per heavy atom. The Morgan fingerprint density at radius 3 is 2.81 bits per heavy atom. The van der Waals surface area contributed by atoms with E-state index in [1.807, 2.05) is 49.0 Å². The number of nitrogens with one attached hydrogen (secondary N) is 1. The molecule has 0 aliphatic carbocycles. The van der Waals surface area contributed by atoms with Gasteiger partial charge in [-0.25, -0.2) is 0 Å². The van der Waals surface area contributed by atoms with Crippen molar-refractivity contribution in [1.29, 1.82) is 0 Å². The predicted octanol–water partition coefficient (Wildman–Crippen LogP) is 3.81. The maximum absolute atomic E-state index is 12.3. The van der Waals surface area contributed by atoms with Crippen LogP contribution in [0.5, 0.6) is 5.75 Å². The van der Waals surface area contributed by atoms with Crippen molar-refractivity contribution in [3.63, 3.8) is 0 Å². The second kappa shape index (κ2) is 7.36. The van der Waals surface area contributed by atoms with E-state index in [1.54, 1.807) is 6.07 Å². The molecule has 0 bridgehead atoms. The summed E-state index contributed by atoms with van der Waals surface area (Å²) in [5.74, 6) is 1.96. The van der Waals surface area contributed by atoms with Crippen LogP contribution in [-0.2, 0) is 0 Å². The molecule has 2 rings (SSSR count). The van der Waals surface area contributed by atoms with E-state index in [4.69, 9.17) is 0 Å². The lowest BCUT2D eigenvalue weighted by atomic mass is 10.0. The van der Waals surface area contributed by atoms with Crippen molar-refractivity contribution in [3.8, 4) is 5.75 Å². The fourth-order valence-corrected chi connectivity index (χ4v) is 3.03. The zero-order chi connectivity index (χ0) is 15.2. The van der Waals surface area contributed by atoms with Crippen LogP contribution in [0.15, 0.2) is 36.4 Å². The zero-order valence-corrected chi connectivity index (χ0v) is 13.2. The van der Waals surface area contributed by atoms with E-state index in [0.29, 0.717) is 10.9 Å². The Hall–Kier alpha value is -1.68. The minimum atomic E-state index is -0.216. The summed E-state index contributed by atoms with van der Waals surface area (Å²) in [5.41, 5.74) is 0.337. The van der Waals surface area contributed by atoms with Gasteiger partial charge in [0.2, 0.25) is 0 Å². The molecule has 4 heteroatoms. The van der Waals surface area contributed by atoms with E-state index in [-0.39, 0.29) is 17.7 Å². The van der Waals surface area contributed by atoms with Crippen molar-refractivity contribution in [2.45, 2.75) is 26.3 Å². The van der Waals surface area contributed by atoms with Crippen LogP contribution in [0.4, 0.5) is 0 Å². The number of thioether (sulfide) groups is 1. The number of benzene rings is 2. The zero-order valence-electron chi connectivity index (χ0n) is 12.4. The van der Waals surface area contributed by atoms with Crippen LogP contribution >= 0.6 is 11.8 Å². The predicted molar refractivity (Wildman–Crippen MR) is 90.2 cm³/mol. The van der Waals surface area contributed by atoms with Crippen LogP contribution in [0.25, 0.3) is 10.8 Å². The number of rotatable bonds is 6. The number of fused-ring (bicyclic) bond motifs is 1. The topological polar surface area (TPSA) is 49.3 Å². The highest BCUT2D eigenvalue weighted by Crippen LogP contribution is 2.28. The molecule has 3 nitrogen and oxygen atoms in total. The second-order valence-electron chi connectivity index (χ2n) is 5.04. The number of carbonyl (C=O) groups is 1. The Kier molecular flexibility index (Phi) is 5.51. The van der Waals surface area contributed by atoms with Crippen LogP contribution in [0, 0.1) is 0 Å². The van der Waals surface area contributed by atoms with Crippen molar-refractivity contribution >= 4 is 28.4 Å². The monoisotopic (exact) mass is 303 g/mol. The molecule has 0 fully saturated rings. The molecule has 21 heavy (non-hydrogen) atoms. The highest BCUT2D eigenvalue weighted by Gasteiger charge is 2.15. The molecule has 0 radical (unpaired) electrons. The molecule has 0 saturated heterocycles. The summed E-state index contributed by atoms with van der Waals surface area (Å²) in [5, 5.41) is 14.9. The molecule has 0 aliphatic heterocycles. The standard InChI is InChI=1S/C17H21NO2S/c1-3-21-11-10-12(2)18-17(20)15-9-8-13-6-4-5-7-14(13)16(15)19/h4-9,12,19H,3,10-11H2,1-2H3,(H,18,20). The summed E-state index contributed by atoms with van der Waals surface area (Å²) < 4.78 is 0. The van der Waals surface area contributed by atoms with E-state index in [1.165, 1.54) is 0 Å². The number of hydrogen-bond acceptors (Lipinski definition) is 3. The third-order valence-corrected chi connectivity index (χ3v) is 4.35. The molecule has 2 aromatic rings. The van der Waals surface area contributed by atoms with E-state index >= 15 is 0 Å². The Morgan fingerprint density at radius 2 is 2.05 bits per heavy atom. The number of aromatic hydroxyl groups is 1. The first kappa shape index (κ1) is 15.7. The van der Waals surface area contributed by atoms with Crippen molar-refractivity contribution in [2.24, 2.45) is 0 Å². The van der Waals surface area contributed by atoms with Gasteiger partial charge in [-0.15, -0.1) is 0 Å². The Bertz CT molecular complexity index is 627. The normalized spacial score (nSPS) is 12.3. The van der Waals surface area contributed by atoms with Gasteiger partial charge in [-0.3, -0.25) is 4.79 Å². The summed E-state index contributed by atoms with van der Waals surface area (Å²) >= 11 is 1.86. The molecule has 2 N–H and O–H groups in total. The fraction of sp³-hybridized carbons (Fsp3) is 0.353. The maximum Gasteiger partial charge on any atom is 0.255 e. The first-order valence-corrected chi connectivity index (χ1v) is 8.38. The van der Waals surface area contributed by atoms with Gasteiger partial charge < -0.3 is 10.4 Å². The fourth-order valence-electron chi connectivity index (χ4n) is 2.22. The van der Waals surface area contributed by atoms with Crippen molar-refractivity contribution in [3.05, 3.63) is 42.0 Å². The van der Waals surface area contributed by atoms with Gasteiger partial charge >= 0.3 is 0 Å². The lowest BCUT2D eigenvalue weighted by Crippen LogP contribution is -2.33. The van der Waals surface area contributed by atoms with Gasteiger partial charge in [-0.2, -0.15) is 11.8 Å². The van der Waals surface area contributed by atoms with Crippen LogP contribution in [0.2, 0.25) is 0 Å². The van der Waals surface area contributed by atoms with Crippen LogP contribution in [0.3, 0.4) is 0 Å². The molecule has 112 valence electrons. The van der Waals surface area contributed by atoms with E-state index in [9.17, 15) is 9.90 Å². The molecule has 1 amide bonds. The minimum Gasteiger partial charge on any atom is -0.506 e. The Labute approximate surface area is 129 Å². The third kappa shape index (κ3) is 3.91. The van der Waals surface area contributed by atoms with Gasteiger partial charge in [0.25, 0.3) is 5.91 Å². The largest absolute Gasteiger partial charge is 0.506 e. The van der Waals surface area contributed by atoms with Crippen molar-refractivity contribution in [1.82, 2.24) is 5.32 Å². The molecule has 0 saturated carbocycles. The summed E-state index contributed by atoms with van der Waals surface area (Å²) in [6, 6.07) is 11.2. The molecular weight excluding hydrogens is 282 g/mol. The van der Waals surface area contributed by atoms with Crippen LogP contribution < -0.4 is 5.32 Å². The summed E-state index contributed by atoms with van der Waals surface area (Å²) in [6.07, 6.45) is 0.929. The first-order valence-electron chi connectivity index (χ1n) is 7.22. The van der Waals surface area contributed by atoms with Gasteiger partial charge in [0.1, 0.15) is 5.75 Å². The SMILES string of the molecule is CCSCCC(C)NC(=O)c1ccc2ccccc2c1O. The molecule has 2 aromatic carbocycles. The highest BCUT2D eigenvalue weighted by molar-refractivity contribution is 7.99.